The van der Waals surface area contributed by atoms with Crippen LogP contribution in [0.5, 0.6) is 5.75 Å². The Morgan fingerprint density at radius 3 is 2.79 bits per heavy atom. The first kappa shape index (κ1) is 18.7. The van der Waals surface area contributed by atoms with Crippen molar-refractivity contribution in [2.24, 2.45) is 0 Å². The van der Waals surface area contributed by atoms with Gasteiger partial charge in [-0.3, -0.25) is 9.89 Å². The SMILES string of the molecule is CCn1c(-c2cc(NC(=O)Cc3ccccc3F)n[nH]2)cc2c(OC)cccc21. The Labute approximate surface area is 167 Å². The first-order valence-corrected chi connectivity index (χ1v) is 9.36. The Kier molecular flexibility index (Phi) is 5.03. The minimum atomic E-state index is -0.397. The summed E-state index contributed by atoms with van der Waals surface area (Å²) in [7, 11) is 1.65. The van der Waals surface area contributed by atoms with E-state index in [1.165, 1.54) is 6.07 Å². The molecule has 2 N–H and O–H groups in total. The zero-order valence-corrected chi connectivity index (χ0v) is 16.2. The van der Waals surface area contributed by atoms with Crippen LogP contribution in [0.2, 0.25) is 0 Å². The molecule has 148 valence electrons. The van der Waals surface area contributed by atoms with Gasteiger partial charge in [-0.15, -0.1) is 0 Å². The third kappa shape index (κ3) is 3.59. The van der Waals surface area contributed by atoms with Gasteiger partial charge >= 0.3 is 0 Å². The van der Waals surface area contributed by atoms with Crippen LogP contribution in [0.1, 0.15) is 12.5 Å². The Morgan fingerprint density at radius 1 is 1.21 bits per heavy atom. The molecule has 29 heavy (non-hydrogen) atoms. The highest BCUT2D eigenvalue weighted by Crippen LogP contribution is 2.33. The van der Waals surface area contributed by atoms with Gasteiger partial charge in [0.2, 0.25) is 5.91 Å². The van der Waals surface area contributed by atoms with E-state index in [1.54, 1.807) is 31.4 Å². The fourth-order valence-corrected chi connectivity index (χ4v) is 3.52. The number of amides is 1. The zero-order chi connectivity index (χ0) is 20.4. The normalized spacial score (nSPS) is 11.0. The Balaban J connectivity index is 1.59. The van der Waals surface area contributed by atoms with Crippen LogP contribution in [0.3, 0.4) is 0 Å². The standard InChI is InChI=1S/C22H21FN4O2/c1-3-27-18-9-6-10-20(29-2)15(18)12-19(27)17-13-21(26-25-17)24-22(28)11-14-7-4-5-8-16(14)23/h4-10,12-13H,3,11H2,1-2H3,(H2,24,25,26,28). The Morgan fingerprint density at radius 2 is 2.03 bits per heavy atom. The number of benzene rings is 2. The van der Waals surface area contributed by atoms with Gasteiger partial charge in [0, 0.05) is 18.0 Å². The van der Waals surface area contributed by atoms with Crippen LogP contribution in [0, 0.1) is 5.82 Å². The van der Waals surface area contributed by atoms with Crippen molar-refractivity contribution >= 4 is 22.6 Å². The van der Waals surface area contributed by atoms with E-state index in [1.807, 2.05) is 24.3 Å². The van der Waals surface area contributed by atoms with Crippen molar-refractivity contribution in [3.05, 3.63) is 66.0 Å². The lowest BCUT2D eigenvalue weighted by Gasteiger charge is -2.06. The van der Waals surface area contributed by atoms with E-state index >= 15 is 0 Å². The number of ether oxygens (including phenoxy) is 1. The van der Waals surface area contributed by atoms with E-state index in [-0.39, 0.29) is 12.3 Å². The lowest BCUT2D eigenvalue weighted by Crippen LogP contribution is -2.15. The predicted molar refractivity (Wildman–Crippen MR) is 110 cm³/mol. The summed E-state index contributed by atoms with van der Waals surface area (Å²) in [6.45, 7) is 2.83. The predicted octanol–water partition coefficient (Wildman–Crippen LogP) is 4.38. The van der Waals surface area contributed by atoms with Crippen LogP contribution in [0.25, 0.3) is 22.3 Å². The Hall–Kier alpha value is -3.61. The average Bonchev–Trinajstić information content (AvgIpc) is 3.33. The summed E-state index contributed by atoms with van der Waals surface area (Å²) in [5.41, 5.74) is 3.11. The molecule has 0 saturated heterocycles. The molecule has 4 rings (SSSR count). The molecule has 0 fully saturated rings. The van der Waals surface area contributed by atoms with Gasteiger partial charge in [0.15, 0.2) is 5.82 Å². The van der Waals surface area contributed by atoms with Crippen molar-refractivity contribution in [1.82, 2.24) is 14.8 Å². The third-order valence-electron chi connectivity index (χ3n) is 4.87. The molecule has 0 saturated carbocycles. The summed E-state index contributed by atoms with van der Waals surface area (Å²) in [6.07, 6.45) is -0.0543. The van der Waals surface area contributed by atoms with Crippen molar-refractivity contribution < 1.29 is 13.9 Å². The number of nitrogens with zero attached hydrogens (tertiary/aromatic N) is 2. The van der Waals surface area contributed by atoms with E-state index in [2.05, 4.69) is 27.0 Å². The number of methoxy groups -OCH3 is 1. The number of fused-ring (bicyclic) bond motifs is 1. The number of anilines is 1. The van der Waals surface area contributed by atoms with Crippen molar-refractivity contribution in [2.75, 3.05) is 12.4 Å². The van der Waals surface area contributed by atoms with Crippen LogP contribution >= 0.6 is 0 Å². The highest BCUT2D eigenvalue weighted by atomic mass is 19.1. The highest BCUT2D eigenvalue weighted by Gasteiger charge is 2.16. The molecule has 2 aromatic heterocycles. The van der Waals surface area contributed by atoms with Crippen LogP contribution < -0.4 is 10.1 Å². The lowest BCUT2D eigenvalue weighted by molar-refractivity contribution is -0.115. The number of halogens is 1. The third-order valence-corrected chi connectivity index (χ3v) is 4.87. The second kappa shape index (κ2) is 7.79. The molecular weight excluding hydrogens is 371 g/mol. The molecule has 0 aliphatic carbocycles. The van der Waals surface area contributed by atoms with Gasteiger partial charge in [0.05, 0.1) is 30.4 Å². The summed E-state index contributed by atoms with van der Waals surface area (Å²) in [6, 6.07) is 16.0. The maximum absolute atomic E-state index is 13.7. The van der Waals surface area contributed by atoms with Gasteiger partial charge in [0.1, 0.15) is 11.6 Å². The molecule has 0 aliphatic rings. The van der Waals surface area contributed by atoms with E-state index in [9.17, 15) is 9.18 Å². The summed E-state index contributed by atoms with van der Waals surface area (Å²) in [4.78, 5) is 12.3. The van der Waals surface area contributed by atoms with Crippen molar-refractivity contribution in [3.63, 3.8) is 0 Å². The smallest absolute Gasteiger partial charge is 0.230 e. The largest absolute Gasteiger partial charge is 0.496 e. The first-order valence-electron chi connectivity index (χ1n) is 9.36. The first-order chi connectivity index (χ1) is 14.1. The number of nitrogens with one attached hydrogen (secondary N) is 2. The maximum Gasteiger partial charge on any atom is 0.230 e. The number of carbonyl (C=O) groups is 1. The molecule has 0 aliphatic heterocycles. The molecule has 6 nitrogen and oxygen atoms in total. The molecule has 1 amide bonds. The van der Waals surface area contributed by atoms with Crippen LogP contribution in [0.4, 0.5) is 10.2 Å². The fourth-order valence-electron chi connectivity index (χ4n) is 3.52. The molecular formula is C22H21FN4O2. The van der Waals surface area contributed by atoms with Crippen LogP contribution in [-0.2, 0) is 17.8 Å². The molecule has 2 heterocycles. The molecule has 0 spiro atoms. The number of aromatic amines is 1. The van der Waals surface area contributed by atoms with Gasteiger partial charge in [-0.25, -0.2) is 4.39 Å². The summed E-state index contributed by atoms with van der Waals surface area (Å²) in [5, 5.41) is 10.9. The minimum absolute atomic E-state index is 0.0543. The molecule has 0 bridgehead atoms. The molecule has 4 aromatic rings. The van der Waals surface area contributed by atoms with E-state index in [4.69, 9.17) is 4.74 Å². The van der Waals surface area contributed by atoms with Crippen molar-refractivity contribution in [3.8, 4) is 17.1 Å². The number of H-pyrrole nitrogens is 1. The average molecular weight is 392 g/mol. The van der Waals surface area contributed by atoms with Crippen LogP contribution in [-0.4, -0.2) is 27.8 Å². The van der Waals surface area contributed by atoms with Crippen molar-refractivity contribution in [2.45, 2.75) is 19.9 Å². The van der Waals surface area contributed by atoms with Gasteiger partial charge < -0.3 is 14.6 Å². The van der Waals surface area contributed by atoms with Gasteiger partial charge in [-0.05, 0) is 36.8 Å². The summed E-state index contributed by atoms with van der Waals surface area (Å²) in [5.74, 6) is 0.465. The highest BCUT2D eigenvalue weighted by molar-refractivity contribution is 5.93. The second-order valence-electron chi connectivity index (χ2n) is 6.65. The van der Waals surface area contributed by atoms with E-state index < -0.39 is 5.82 Å². The van der Waals surface area contributed by atoms with Gasteiger partial charge in [-0.1, -0.05) is 24.3 Å². The Bertz CT molecular complexity index is 1180. The molecule has 0 unspecified atom stereocenters. The lowest BCUT2D eigenvalue weighted by atomic mass is 10.1. The minimum Gasteiger partial charge on any atom is -0.496 e. The number of hydrogen-bond donors (Lipinski definition) is 2. The molecule has 0 radical (unpaired) electrons. The van der Waals surface area contributed by atoms with Gasteiger partial charge in [-0.2, -0.15) is 5.10 Å². The number of hydrogen-bond acceptors (Lipinski definition) is 3. The quantitative estimate of drug-likeness (QED) is 0.511. The molecule has 7 heteroatoms. The number of rotatable bonds is 6. The topological polar surface area (TPSA) is 71.9 Å². The number of aromatic nitrogens is 3. The second-order valence-corrected chi connectivity index (χ2v) is 6.65. The summed E-state index contributed by atoms with van der Waals surface area (Å²) >= 11 is 0. The molecule has 2 aromatic carbocycles. The van der Waals surface area contributed by atoms with E-state index in [0.717, 1.165) is 34.6 Å². The monoisotopic (exact) mass is 392 g/mol. The van der Waals surface area contributed by atoms with Gasteiger partial charge in [0.25, 0.3) is 0 Å². The molecule has 0 atom stereocenters. The van der Waals surface area contributed by atoms with Crippen LogP contribution in [0.15, 0.2) is 54.6 Å². The summed E-state index contributed by atoms with van der Waals surface area (Å²) < 4.78 is 21.4. The maximum atomic E-state index is 13.7. The van der Waals surface area contributed by atoms with Crippen molar-refractivity contribution in [1.29, 1.82) is 0 Å². The number of carbonyl (C=O) groups excluding carboxylic acids is 1. The van der Waals surface area contributed by atoms with E-state index in [0.29, 0.717) is 11.4 Å². The number of aryl methyl sites for hydroxylation is 1. The zero-order valence-electron chi connectivity index (χ0n) is 16.2. The fraction of sp³-hybridized carbons (Fsp3) is 0.182.